The Bertz CT molecular complexity index is 319. The van der Waals surface area contributed by atoms with Gasteiger partial charge >= 0.3 is 0 Å². The molecule has 0 bridgehead atoms. The van der Waals surface area contributed by atoms with Gasteiger partial charge < -0.3 is 0 Å². The van der Waals surface area contributed by atoms with Crippen molar-refractivity contribution in [1.82, 2.24) is 4.98 Å². The highest BCUT2D eigenvalue weighted by Crippen LogP contribution is 2.15. The van der Waals surface area contributed by atoms with Crippen LogP contribution >= 0.6 is 11.3 Å². The van der Waals surface area contributed by atoms with Gasteiger partial charge in [-0.25, -0.2) is 4.98 Å². The van der Waals surface area contributed by atoms with Gasteiger partial charge in [0.05, 0.1) is 15.7 Å². The van der Waals surface area contributed by atoms with Gasteiger partial charge in [0.25, 0.3) is 0 Å². The first-order valence-corrected chi connectivity index (χ1v) is 5.36. The molecule has 0 aliphatic heterocycles. The van der Waals surface area contributed by atoms with E-state index in [1.54, 1.807) is 11.3 Å². The van der Waals surface area contributed by atoms with Gasteiger partial charge in [-0.3, -0.25) is 0 Å². The van der Waals surface area contributed by atoms with Crippen molar-refractivity contribution >= 4 is 21.6 Å². The molecule has 2 aromatic rings. The van der Waals surface area contributed by atoms with Gasteiger partial charge in [-0.15, -0.1) is 11.3 Å². The number of thiazole rings is 1. The van der Waals surface area contributed by atoms with Gasteiger partial charge in [-0.1, -0.05) is 32.9 Å². The van der Waals surface area contributed by atoms with E-state index in [1.807, 2.05) is 23.7 Å². The quantitative estimate of drug-likeness (QED) is 0.617. The van der Waals surface area contributed by atoms with Crippen LogP contribution in [-0.4, -0.2) is 4.98 Å². The topological polar surface area (TPSA) is 12.9 Å². The van der Waals surface area contributed by atoms with Crippen LogP contribution in [0.4, 0.5) is 0 Å². The Balaban J connectivity index is 0.000000184. The number of fused-ring (bicyclic) bond motifs is 1. The van der Waals surface area contributed by atoms with E-state index in [0.29, 0.717) is 0 Å². The van der Waals surface area contributed by atoms with Crippen LogP contribution in [-0.2, 0) is 0 Å². The van der Waals surface area contributed by atoms with Crippen molar-refractivity contribution in [3.05, 3.63) is 29.8 Å². The van der Waals surface area contributed by atoms with Crippen molar-refractivity contribution in [3.63, 3.8) is 0 Å². The first-order chi connectivity index (χ1) is 6.20. The molecule has 0 atom stereocenters. The molecule has 0 unspecified atom stereocenters. The average Bonchev–Trinajstić information content (AvgIpc) is 2.49. The van der Waals surface area contributed by atoms with Crippen LogP contribution in [0.2, 0.25) is 0 Å². The minimum Gasteiger partial charge on any atom is -0.245 e. The fourth-order valence-electron chi connectivity index (χ4n) is 0.803. The summed E-state index contributed by atoms with van der Waals surface area (Å²) < 4.78 is 1.26. The predicted molar refractivity (Wildman–Crippen MR) is 60.1 cm³/mol. The van der Waals surface area contributed by atoms with Crippen LogP contribution in [0.1, 0.15) is 20.8 Å². The third-order valence-corrected chi connectivity index (χ3v) is 2.05. The Morgan fingerprint density at radius 3 is 2.38 bits per heavy atom. The standard InChI is InChI=1S/C7H5NS.C4H10/c1-2-4-7-6(3-1)8-5-9-7;1-4(2)3/h1-5H;4H,1-3H3. The molecule has 0 aliphatic carbocycles. The lowest BCUT2D eigenvalue weighted by Gasteiger charge is -1.80. The molecule has 2 rings (SSSR count). The number of aromatic nitrogens is 1. The summed E-state index contributed by atoms with van der Waals surface area (Å²) in [7, 11) is 0. The molecule has 0 spiro atoms. The largest absolute Gasteiger partial charge is 0.245 e. The molecule has 0 aliphatic rings. The lowest BCUT2D eigenvalue weighted by molar-refractivity contribution is 0.737. The van der Waals surface area contributed by atoms with Gasteiger partial charge in [0.15, 0.2) is 0 Å². The third kappa shape index (κ3) is 3.55. The molecule has 1 heterocycles. The fraction of sp³-hybridized carbons (Fsp3) is 0.364. The Kier molecular flexibility index (Phi) is 3.90. The molecule has 70 valence electrons. The van der Waals surface area contributed by atoms with Crippen molar-refractivity contribution in [2.24, 2.45) is 5.92 Å². The summed E-state index contributed by atoms with van der Waals surface area (Å²) in [4.78, 5) is 4.14. The number of rotatable bonds is 0. The lowest BCUT2D eigenvalue weighted by atomic mass is 10.3. The Labute approximate surface area is 83.4 Å². The zero-order chi connectivity index (χ0) is 9.68. The molecule has 0 fully saturated rings. The van der Waals surface area contributed by atoms with Crippen molar-refractivity contribution < 1.29 is 0 Å². The van der Waals surface area contributed by atoms with E-state index in [2.05, 4.69) is 31.8 Å². The molecule has 1 aromatic carbocycles. The van der Waals surface area contributed by atoms with Gasteiger partial charge in [0.2, 0.25) is 0 Å². The zero-order valence-electron chi connectivity index (χ0n) is 8.32. The van der Waals surface area contributed by atoms with Crippen molar-refractivity contribution in [2.45, 2.75) is 20.8 Å². The Morgan fingerprint density at radius 1 is 1.15 bits per heavy atom. The number of para-hydroxylation sites is 1. The number of benzene rings is 1. The molecule has 0 N–H and O–H groups in total. The van der Waals surface area contributed by atoms with Gasteiger partial charge in [-0.2, -0.15) is 0 Å². The Morgan fingerprint density at radius 2 is 1.77 bits per heavy atom. The van der Waals surface area contributed by atoms with Crippen molar-refractivity contribution in [1.29, 1.82) is 0 Å². The molecule has 0 saturated heterocycles. The molecular formula is C11H15NS. The fourth-order valence-corrected chi connectivity index (χ4v) is 1.48. The van der Waals surface area contributed by atoms with Crippen molar-refractivity contribution in [2.75, 3.05) is 0 Å². The van der Waals surface area contributed by atoms with Crippen LogP contribution in [0, 0.1) is 5.92 Å². The maximum Gasteiger partial charge on any atom is 0.0812 e. The molecule has 0 radical (unpaired) electrons. The summed E-state index contributed by atoms with van der Waals surface area (Å²) in [6, 6.07) is 8.13. The minimum absolute atomic E-state index is 0.833. The molecule has 2 heteroatoms. The van der Waals surface area contributed by atoms with Gasteiger partial charge in [0, 0.05) is 0 Å². The summed E-state index contributed by atoms with van der Waals surface area (Å²) in [6.45, 7) is 6.50. The monoisotopic (exact) mass is 193 g/mol. The van der Waals surface area contributed by atoms with Crippen LogP contribution in [0.25, 0.3) is 10.2 Å². The molecule has 13 heavy (non-hydrogen) atoms. The number of hydrogen-bond donors (Lipinski definition) is 0. The van der Waals surface area contributed by atoms with E-state index in [4.69, 9.17) is 0 Å². The van der Waals surface area contributed by atoms with E-state index in [-0.39, 0.29) is 0 Å². The second kappa shape index (κ2) is 4.97. The van der Waals surface area contributed by atoms with Crippen LogP contribution in [0.5, 0.6) is 0 Å². The highest BCUT2D eigenvalue weighted by molar-refractivity contribution is 7.16. The highest BCUT2D eigenvalue weighted by Gasteiger charge is 1.89. The van der Waals surface area contributed by atoms with E-state index in [9.17, 15) is 0 Å². The molecule has 1 nitrogen and oxygen atoms in total. The second-order valence-corrected chi connectivity index (χ2v) is 4.44. The first-order valence-electron chi connectivity index (χ1n) is 4.48. The summed E-state index contributed by atoms with van der Waals surface area (Å²) >= 11 is 1.68. The molecule has 1 aromatic heterocycles. The SMILES string of the molecule is CC(C)C.c1ccc2scnc2c1. The summed E-state index contributed by atoms with van der Waals surface area (Å²) in [5.41, 5.74) is 2.97. The number of hydrogen-bond acceptors (Lipinski definition) is 2. The average molecular weight is 193 g/mol. The first kappa shape index (κ1) is 10.2. The lowest BCUT2D eigenvalue weighted by Crippen LogP contribution is -1.66. The van der Waals surface area contributed by atoms with Crippen LogP contribution < -0.4 is 0 Å². The van der Waals surface area contributed by atoms with E-state index < -0.39 is 0 Å². The van der Waals surface area contributed by atoms with Gasteiger partial charge in [-0.05, 0) is 18.1 Å². The van der Waals surface area contributed by atoms with Crippen LogP contribution in [0.3, 0.4) is 0 Å². The van der Waals surface area contributed by atoms with Crippen molar-refractivity contribution in [3.8, 4) is 0 Å². The predicted octanol–water partition coefficient (Wildman–Crippen LogP) is 3.96. The third-order valence-electron chi connectivity index (χ3n) is 1.24. The second-order valence-electron chi connectivity index (χ2n) is 3.55. The van der Waals surface area contributed by atoms with E-state index >= 15 is 0 Å². The van der Waals surface area contributed by atoms with E-state index in [1.165, 1.54) is 4.70 Å². The Hall–Kier alpha value is -0.890. The zero-order valence-corrected chi connectivity index (χ0v) is 9.14. The highest BCUT2D eigenvalue weighted by atomic mass is 32.1. The minimum atomic E-state index is 0.833. The number of nitrogens with zero attached hydrogens (tertiary/aromatic N) is 1. The maximum absolute atomic E-state index is 4.14. The summed E-state index contributed by atoms with van der Waals surface area (Å²) in [5.74, 6) is 0.833. The van der Waals surface area contributed by atoms with E-state index in [0.717, 1.165) is 11.4 Å². The molecule has 0 saturated carbocycles. The smallest absolute Gasteiger partial charge is 0.0812 e. The molecular weight excluding hydrogens is 178 g/mol. The normalized spacial score (nSPS) is 9.85. The molecule has 0 amide bonds. The van der Waals surface area contributed by atoms with Crippen LogP contribution in [0.15, 0.2) is 29.8 Å². The van der Waals surface area contributed by atoms with Gasteiger partial charge in [0.1, 0.15) is 0 Å². The summed E-state index contributed by atoms with van der Waals surface area (Å²) in [5, 5.41) is 0. The summed E-state index contributed by atoms with van der Waals surface area (Å²) in [6.07, 6.45) is 0. The maximum atomic E-state index is 4.14.